The molecule has 0 fully saturated rings. The summed E-state index contributed by atoms with van der Waals surface area (Å²) in [7, 11) is 0. The zero-order valence-corrected chi connectivity index (χ0v) is 7.55. The standard InChI is InChI=1S/C6H4Se2/c1-2-6-4-3-5(1)7-8-6/h1-4H. The second-order valence-electron chi connectivity index (χ2n) is 1.64. The first-order valence-electron chi connectivity index (χ1n) is 2.40. The van der Waals surface area contributed by atoms with Crippen LogP contribution in [0, 0.1) is 0 Å². The van der Waals surface area contributed by atoms with Gasteiger partial charge in [-0.25, -0.2) is 0 Å². The third-order valence-electron chi connectivity index (χ3n) is 1.06. The molecule has 0 nitrogen and oxygen atoms in total. The molecular formula is C6H4Se2. The Morgan fingerprint density at radius 1 is 0.750 bits per heavy atom. The van der Waals surface area contributed by atoms with E-state index in [1.165, 1.54) is 0 Å². The summed E-state index contributed by atoms with van der Waals surface area (Å²) in [6.45, 7) is 0. The molecule has 0 N–H and O–H groups in total. The van der Waals surface area contributed by atoms with E-state index in [-0.39, 0.29) is 0 Å². The third kappa shape index (κ3) is 0.743. The van der Waals surface area contributed by atoms with E-state index < -0.39 is 0 Å². The first kappa shape index (κ1) is 5.08. The van der Waals surface area contributed by atoms with Gasteiger partial charge in [-0.1, -0.05) is 0 Å². The molecule has 1 aromatic rings. The van der Waals surface area contributed by atoms with Gasteiger partial charge < -0.3 is 0 Å². The van der Waals surface area contributed by atoms with Crippen LogP contribution < -0.4 is 8.92 Å². The molecular weight excluding hydrogens is 230 g/mol. The van der Waals surface area contributed by atoms with Crippen LogP contribution in [-0.2, 0) is 0 Å². The van der Waals surface area contributed by atoms with Crippen molar-refractivity contribution in [2.24, 2.45) is 0 Å². The minimum atomic E-state index is 0.839. The summed E-state index contributed by atoms with van der Waals surface area (Å²) in [5.41, 5.74) is 0. The second-order valence-corrected chi connectivity index (χ2v) is 7.95. The molecule has 0 amide bonds. The summed E-state index contributed by atoms with van der Waals surface area (Å²) in [4.78, 5) is 0. The zero-order chi connectivity index (χ0) is 5.40. The average Bonchev–Trinajstić information content (AvgIpc) is 1.92. The van der Waals surface area contributed by atoms with Crippen molar-refractivity contribution >= 4 is 35.2 Å². The van der Waals surface area contributed by atoms with E-state index >= 15 is 0 Å². The van der Waals surface area contributed by atoms with Crippen LogP contribution in [0.15, 0.2) is 24.3 Å². The molecule has 0 atom stereocenters. The maximum atomic E-state index is 2.25. The van der Waals surface area contributed by atoms with Gasteiger partial charge in [0.25, 0.3) is 0 Å². The normalized spacial score (nSPS) is 14.5. The zero-order valence-electron chi connectivity index (χ0n) is 4.13. The van der Waals surface area contributed by atoms with E-state index in [0.717, 1.165) is 26.3 Å². The Kier molecular flexibility index (Phi) is 1.20. The van der Waals surface area contributed by atoms with Crippen LogP contribution in [0.5, 0.6) is 0 Å². The molecule has 0 unspecified atom stereocenters. The molecule has 40 valence electrons. The Bertz CT molecular complexity index is 167. The molecule has 0 saturated carbocycles. The Labute approximate surface area is 59.5 Å². The number of fused-ring (bicyclic) bond motifs is 3. The van der Waals surface area contributed by atoms with E-state index in [9.17, 15) is 0 Å². The Hall–Kier alpha value is 0.259. The fraction of sp³-hybridized carbons (Fsp3) is 0. The molecule has 0 saturated heterocycles. The first-order valence-corrected chi connectivity index (χ1v) is 8.44. The molecule has 1 aromatic carbocycles. The van der Waals surface area contributed by atoms with Crippen LogP contribution >= 0.6 is 0 Å². The topological polar surface area (TPSA) is 0 Å². The SMILES string of the molecule is c1cc2ccc1[Se][Se]2. The molecule has 2 heteroatoms. The van der Waals surface area contributed by atoms with Crippen LogP contribution in [0.3, 0.4) is 0 Å². The molecule has 0 aromatic heterocycles. The van der Waals surface area contributed by atoms with Gasteiger partial charge in [-0.3, -0.25) is 0 Å². The van der Waals surface area contributed by atoms with Gasteiger partial charge in [0, 0.05) is 0 Å². The van der Waals surface area contributed by atoms with Crippen molar-refractivity contribution in [3.8, 4) is 0 Å². The fourth-order valence-corrected chi connectivity index (χ4v) is 6.61. The summed E-state index contributed by atoms with van der Waals surface area (Å²) >= 11 is 1.68. The molecule has 3 rings (SSSR count). The number of benzene rings is 1. The van der Waals surface area contributed by atoms with Crippen LogP contribution in [0.4, 0.5) is 0 Å². The number of hydrogen-bond acceptors (Lipinski definition) is 0. The summed E-state index contributed by atoms with van der Waals surface area (Å²) in [5.74, 6) is 0. The predicted octanol–water partition coefficient (Wildman–Crippen LogP) is -0.726. The van der Waals surface area contributed by atoms with E-state index in [1.54, 1.807) is 8.92 Å². The van der Waals surface area contributed by atoms with Crippen LogP contribution in [0.25, 0.3) is 0 Å². The third-order valence-corrected chi connectivity index (χ3v) is 8.29. The van der Waals surface area contributed by atoms with E-state index in [1.807, 2.05) is 0 Å². The van der Waals surface area contributed by atoms with Crippen molar-refractivity contribution in [3.63, 3.8) is 0 Å². The van der Waals surface area contributed by atoms with Gasteiger partial charge in [0.15, 0.2) is 0 Å². The summed E-state index contributed by atoms with van der Waals surface area (Å²) in [5, 5.41) is 0. The van der Waals surface area contributed by atoms with Gasteiger partial charge >= 0.3 is 59.5 Å². The van der Waals surface area contributed by atoms with E-state index in [2.05, 4.69) is 24.3 Å². The summed E-state index contributed by atoms with van der Waals surface area (Å²) in [6, 6.07) is 9.00. The van der Waals surface area contributed by atoms with Gasteiger partial charge in [0.2, 0.25) is 0 Å². The van der Waals surface area contributed by atoms with Gasteiger partial charge in [-0.2, -0.15) is 0 Å². The molecule has 2 heterocycles. The summed E-state index contributed by atoms with van der Waals surface area (Å²) in [6.07, 6.45) is 0. The van der Waals surface area contributed by atoms with Crippen LogP contribution in [0.2, 0.25) is 0 Å². The quantitative estimate of drug-likeness (QED) is 0.519. The van der Waals surface area contributed by atoms with Gasteiger partial charge in [0.1, 0.15) is 0 Å². The van der Waals surface area contributed by atoms with Crippen LogP contribution in [-0.4, -0.2) is 26.3 Å². The molecule has 8 heavy (non-hydrogen) atoms. The molecule has 2 aliphatic heterocycles. The van der Waals surface area contributed by atoms with Crippen molar-refractivity contribution in [1.82, 2.24) is 0 Å². The Morgan fingerprint density at radius 2 is 1.12 bits per heavy atom. The van der Waals surface area contributed by atoms with Gasteiger partial charge in [-0.15, -0.1) is 0 Å². The number of hydrogen-bond donors (Lipinski definition) is 0. The van der Waals surface area contributed by atoms with Gasteiger partial charge in [0.05, 0.1) is 0 Å². The Balaban J connectivity index is 2.69. The van der Waals surface area contributed by atoms with Crippen molar-refractivity contribution in [2.45, 2.75) is 0 Å². The number of rotatable bonds is 0. The van der Waals surface area contributed by atoms with Crippen molar-refractivity contribution in [3.05, 3.63) is 24.3 Å². The molecule has 2 aliphatic rings. The first-order chi connectivity index (χ1) is 3.95. The van der Waals surface area contributed by atoms with E-state index in [4.69, 9.17) is 0 Å². The van der Waals surface area contributed by atoms with E-state index in [0.29, 0.717) is 0 Å². The van der Waals surface area contributed by atoms with Crippen molar-refractivity contribution < 1.29 is 0 Å². The maximum absolute atomic E-state index is 2.25. The molecule has 0 spiro atoms. The fourth-order valence-electron chi connectivity index (χ4n) is 0.647. The van der Waals surface area contributed by atoms with Crippen molar-refractivity contribution in [2.75, 3.05) is 0 Å². The Morgan fingerprint density at radius 3 is 1.25 bits per heavy atom. The molecule has 0 radical (unpaired) electrons. The van der Waals surface area contributed by atoms with Crippen LogP contribution in [0.1, 0.15) is 0 Å². The second kappa shape index (κ2) is 1.89. The summed E-state index contributed by atoms with van der Waals surface area (Å²) < 4.78 is 3.15. The average molecular weight is 234 g/mol. The molecule has 2 bridgehead atoms. The minimum absolute atomic E-state index is 0.839. The van der Waals surface area contributed by atoms with Crippen molar-refractivity contribution in [1.29, 1.82) is 0 Å². The monoisotopic (exact) mass is 236 g/mol. The van der Waals surface area contributed by atoms with Gasteiger partial charge in [-0.05, 0) is 0 Å². The predicted molar refractivity (Wildman–Crippen MR) is 37.2 cm³/mol. The molecule has 0 aliphatic carbocycles.